The molecule has 0 spiro atoms. The number of amides is 1. The zero-order chi connectivity index (χ0) is 14.1. The first-order valence-corrected chi connectivity index (χ1v) is 7.33. The maximum absolute atomic E-state index is 11.6. The van der Waals surface area contributed by atoms with E-state index in [4.69, 9.17) is 5.11 Å². The molecule has 1 saturated carbocycles. The normalized spacial score (nSPS) is 28.7. The van der Waals surface area contributed by atoms with Crippen molar-refractivity contribution in [2.45, 2.75) is 26.2 Å². The fourth-order valence-electron chi connectivity index (χ4n) is 3.83. The third-order valence-corrected chi connectivity index (χ3v) is 4.83. The molecule has 1 aliphatic heterocycles. The molecule has 2 fully saturated rings. The maximum Gasteiger partial charge on any atom is 0.248 e. The molecular weight excluding hydrogens is 254 g/mol. The highest BCUT2D eigenvalue weighted by atomic mass is 16.3. The molecular formula is C15H21N3O2. The summed E-state index contributed by atoms with van der Waals surface area (Å²) < 4.78 is 0. The predicted octanol–water partition coefficient (Wildman–Crippen LogP) is 0.804. The van der Waals surface area contributed by atoms with Crippen LogP contribution in [0.15, 0.2) is 12.4 Å². The number of nitrogens with zero attached hydrogens (tertiary/aromatic N) is 3. The molecule has 0 bridgehead atoms. The molecule has 2 aliphatic rings. The van der Waals surface area contributed by atoms with E-state index in [0.29, 0.717) is 17.8 Å². The first-order chi connectivity index (χ1) is 9.67. The Balaban J connectivity index is 1.66. The van der Waals surface area contributed by atoms with Crippen molar-refractivity contribution < 1.29 is 9.90 Å². The Morgan fingerprint density at radius 2 is 2.25 bits per heavy atom. The number of carbonyl (C=O) groups excluding carboxylic acids is 1. The van der Waals surface area contributed by atoms with Crippen molar-refractivity contribution in [3.63, 3.8) is 0 Å². The van der Waals surface area contributed by atoms with E-state index in [0.717, 1.165) is 30.9 Å². The molecule has 0 radical (unpaired) electrons. The molecule has 0 aromatic carbocycles. The Labute approximate surface area is 119 Å². The molecule has 5 heteroatoms. The molecule has 1 aromatic heterocycles. The molecule has 1 aliphatic carbocycles. The number of aliphatic hydroxyl groups is 1. The highest BCUT2D eigenvalue weighted by molar-refractivity contribution is 5.77. The van der Waals surface area contributed by atoms with Gasteiger partial charge in [0, 0.05) is 24.5 Å². The van der Waals surface area contributed by atoms with Gasteiger partial charge in [-0.3, -0.25) is 4.79 Å². The molecule has 1 amide bonds. The molecule has 3 atom stereocenters. The van der Waals surface area contributed by atoms with E-state index in [2.05, 4.69) is 16.0 Å². The van der Waals surface area contributed by atoms with Crippen LogP contribution in [0.4, 0.5) is 0 Å². The Morgan fingerprint density at radius 3 is 3.00 bits per heavy atom. The van der Waals surface area contributed by atoms with Crippen LogP contribution in [0.3, 0.4) is 0 Å². The molecule has 2 heterocycles. The first-order valence-electron chi connectivity index (χ1n) is 7.33. The van der Waals surface area contributed by atoms with Gasteiger partial charge in [0.15, 0.2) is 0 Å². The van der Waals surface area contributed by atoms with Gasteiger partial charge in [0.1, 0.15) is 12.9 Å². The number of hydrogen-bond donors (Lipinski definition) is 1. The molecule has 0 unspecified atom stereocenters. The van der Waals surface area contributed by atoms with Gasteiger partial charge in [-0.15, -0.1) is 0 Å². The summed E-state index contributed by atoms with van der Waals surface area (Å²) in [6, 6.07) is 2.05. The lowest BCUT2D eigenvalue weighted by molar-refractivity contribution is -0.133. The van der Waals surface area contributed by atoms with Crippen LogP contribution in [0, 0.1) is 24.7 Å². The minimum atomic E-state index is -0.366. The van der Waals surface area contributed by atoms with Crippen molar-refractivity contribution in [3.8, 4) is 0 Å². The number of aliphatic hydroxyl groups excluding tert-OH is 1. The quantitative estimate of drug-likeness (QED) is 0.886. The van der Waals surface area contributed by atoms with Gasteiger partial charge in [-0.1, -0.05) is 0 Å². The summed E-state index contributed by atoms with van der Waals surface area (Å²) in [7, 11) is 0. The number of rotatable bonds is 3. The average Bonchev–Trinajstić information content (AvgIpc) is 3.00. The molecule has 3 rings (SSSR count). The topological polar surface area (TPSA) is 66.3 Å². The van der Waals surface area contributed by atoms with Crippen molar-refractivity contribution in [1.82, 2.24) is 14.9 Å². The van der Waals surface area contributed by atoms with E-state index < -0.39 is 0 Å². The van der Waals surface area contributed by atoms with Crippen molar-refractivity contribution in [1.29, 1.82) is 0 Å². The second-order valence-electron chi connectivity index (χ2n) is 6.07. The fraction of sp³-hybridized carbons (Fsp3) is 0.667. The number of hydrogen-bond acceptors (Lipinski definition) is 4. The molecule has 108 valence electrons. The van der Waals surface area contributed by atoms with Gasteiger partial charge in [0.05, 0.1) is 0 Å². The Morgan fingerprint density at radius 1 is 1.40 bits per heavy atom. The van der Waals surface area contributed by atoms with E-state index in [1.807, 2.05) is 11.8 Å². The number of carbonyl (C=O) groups is 1. The van der Waals surface area contributed by atoms with Gasteiger partial charge >= 0.3 is 0 Å². The lowest BCUT2D eigenvalue weighted by atomic mass is 9.89. The van der Waals surface area contributed by atoms with Gasteiger partial charge in [-0.2, -0.15) is 0 Å². The summed E-state index contributed by atoms with van der Waals surface area (Å²) in [4.78, 5) is 21.9. The summed E-state index contributed by atoms with van der Waals surface area (Å²) in [5.41, 5.74) is 2.11. The molecule has 1 N–H and O–H groups in total. The average molecular weight is 275 g/mol. The van der Waals surface area contributed by atoms with Crippen molar-refractivity contribution in [3.05, 3.63) is 23.8 Å². The number of likely N-dealkylation sites (tertiary alicyclic amines) is 1. The first kappa shape index (κ1) is 13.5. The molecule has 20 heavy (non-hydrogen) atoms. The highest BCUT2D eigenvalue weighted by Crippen LogP contribution is 2.43. The third kappa shape index (κ3) is 2.54. The molecule has 1 saturated heterocycles. The van der Waals surface area contributed by atoms with Crippen molar-refractivity contribution in [2.75, 3.05) is 19.7 Å². The predicted molar refractivity (Wildman–Crippen MR) is 73.8 cm³/mol. The second kappa shape index (κ2) is 5.48. The largest absolute Gasteiger partial charge is 0.387 e. The van der Waals surface area contributed by atoms with E-state index in [1.54, 1.807) is 6.33 Å². The minimum absolute atomic E-state index is 0.129. The third-order valence-electron chi connectivity index (χ3n) is 4.83. The van der Waals surface area contributed by atoms with Gasteiger partial charge in [0.25, 0.3) is 0 Å². The van der Waals surface area contributed by atoms with Gasteiger partial charge in [0.2, 0.25) is 5.91 Å². The van der Waals surface area contributed by atoms with Crippen LogP contribution < -0.4 is 0 Å². The van der Waals surface area contributed by atoms with Crippen molar-refractivity contribution >= 4 is 5.91 Å². The SMILES string of the molecule is Cc1cc(C[C@H]2CC[C@@H]3CN(C(=O)CO)C[C@H]23)ncn1. The Bertz CT molecular complexity index is 506. The summed E-state index contributed by atoms with van der Waals surface area (Å²) in [5.74, 6) is 1.65. The van der Waals surface area contributed by atoms with Crippen LogP contribution in [0.25, 0.3) is 0 Å². The summed E-state index contributed by atoms with van der Waals surface area (Å²) in [6.07, 6.45) is 5.02. The monoisotopic (exact) mass is 275 g/mol. The second-order valence-corrected chi connectivity index (χ2v) is 6.07. The highest BCUT2D eigenvalue weighted by Gasteiger charge is 2.43. The minimum Gasteiger partial charge on any atom is -0.387 e. The van der Waals surface area contributed by atoms with E-state index in [1.165, 1.54) is 12.8 Å². The van der Waals surface area contributed by atoms with Crippen LogP contribution >= 0.6 is 0 Å². The number of aryl methyl sites for hydroxylation is 1. The fourth-order valence-corrected chi connectivity index (χ4v) is 3.83. The Hall–Kier alpha value is -1.49. The lowest BCUT2D eigenvalue weighted by Crippen LogP contribution is -2.32. The van der Waals surface area contributed by atoms with Crippen molar-refractivity contribution in [2.24, 2.45) is 17.8 Å². The smallest absolute Gasteiger partial charge is 0.248 e. The zero-order valence-corrected chi connectivity index (χ0v) is 11.8. The van der Waals surface area contributed by atoms with Crippen LogP contribution in [0.2, 0.25) is 0 Å². The molecule has 1 aromatic rings. The van der Waals surface area contributed by atoms with Crippen LogP contribution in [0.1, 0.15) is 24.2 Å². The van der Waals surface area contributed by atoms with Crippen LogP contribution in [-0.4, -0.2) is 45.6 Å². The van der Waals surface area contributed by atoms with E-state index in [-0.39, 0.29) is 12.5 Å². The Kier molecular flexibility index (Phi) is 3.70. The lowest BCUT2D eigenvalue weighted by Gasteiger charge is -2.20. The van der Waals surface area contributed by atoms with Crippen LogP contribution in [0.5, 0.6) is 0 Å². The molecule has 5 nitrogen and oxygen atoms in total. The summed E-state index contributed by atoms with van der Waals surface area (Å²) in [5, 5.41) is 8.98. The van der Waals surface area contributed by atoms with E-state index in [9.17, 15) is 4.79 Å². The van der Waals surface area contributed by atoms with Gasteiger partial charge < -0.3 is 10.0 Å². The number of fused-ring (bicyclic) bond motifs is 1. The standard InChI is InChI=1S/C15H21N3O2/c1-10-4-13(17-9-16-10)5-11-2-3-12-6-18(7-14(11)12)15(20)8-19/h4,9,11-12,14,19H,2-3,5-8H2,1H3/t11-,12-,14-/m1/s1. The van der Waals surface area contributed by atoms with Gasteiger partial charge in [-0.25, -0.2) is 9.97 Å². The summed E-state index contributed by atoms with van der Waals surface area (Å²) >= 11 is 0. The zero-order valence-electron chi connectivity index (χ0n) is 11.8. The summed E-state index contributed by atoms with van der Waals surface area (Å²) in [6.45, 7) is 3.25. The number of aromatic nitrogens is 2. The maximum atomic E-state index is 11.6. The van der Waals surface area contributed by atoms with Gasteiger partial charge in [-0.05, 0) is 50.0 Å². The van der Waals surface area contributed by atoms with Crippen LogP contribution in [-0.2, 0) is 11.2 Å². The van der Waals surface area contributed by atoms with E-state index >= 15 is 0 Å².